The largest absolute Gasteiger partial charge is 0.484 e. The average Bonchev–Trinajstić information content (AvgIpc) is 2.70. The highest BCUT2D eigenvalue weighted by atomic mass is 35.5. The number of hydrogen-bond donors (Lipinski definition) is 2. The smallest absolute Gasteiger partial charge is 0.338 e. The fourth-order valence-corrected chi connectivity index (χ4v) is 2.21. The van der Waals surface area contributed by atoms with Gasteiger partial charge in [0.1, 0.15) is 5.75 Å². The standard InChI is InChI=1S/C20H21ClN2O5/c1-2-11-27-20(26)14-3-7-16(8-4-14)23-18(24)12-22-19(25)13-28-17-9-5-15(21)6-10-17/h3-10H,2,11-13H2,1H3,(H,22,25)(H,23,24). The molecule has 2 N–H and O–H groups in total. The second-order valence-electron chi connectivity index (χ2n) is 5.78. The van der Waals surface area contributed by atoms with Crippen LogP contribution in [0.1, 0.15) is 23.7 Å². The summed E-state index contributed by atoms with van der Waals surface area (Å²) in [5, 5.41) is 5.66. The van der Waals surface area contributed by atoms with Crippen molar-refractivity contribution in [2.24, 2.45) is 0 Å². The second-order valence-corrected chi connectivity index (χ2v) is 6.22. The fourth-order valence-electron chi connectivity index (χ4n) is 2.08. The van der Waals surface area contributed by atoms with E-state index in [0.717, 1.165) is 6.42 Å². The Morgan fingerprint density at radius 1 is 0.964 bits per heavy atom. The minimum Gasteiger partial charge on any atom is -0.484 e. The van der Waals surface area contributed by atoms with Gasteiger partial charge in [0.15, 0.2) is 6.61 Å². The van der Waals surface area contributed by atoms with Gasteiger partial charge in [0, 0.05) is 10.7 Å². The lowest BCUT2D eigenvalue weighted by atomic mass is 10.2. The quantitative estimate of drug-likeness (QED) is 0.626. The SMILES string of the molecule is CCCOC(=O)c1ccc(NC(=O)CNC(=O)COc2ccc(Cl)cc2)cc1. The van der Waals surface area contributed by atoms with Crippen molar-refractivity contribution in [3.05, 3.63) is 59.1 Å². The molecule has 0 radical (unpaired) electrons. The Balaban J connectivity index is 1.72. The van der Waals surface area contributed by atoms with Crippen molar-refractivity contribution in [2.75, 3.05) is 25.1 Å². The van der Waals surface area contributed by atoms with E-state index < -0.39 is 17.8 Å². The summed E-state index contributed by atoms with van der Waals surface area (Å²) in [6.45, 7) is 1.85. The van der Waals surface area contributed by atoms with Gasteiger partial charge in [-0.05, 0) is 55.0 Å². The van der Waals surface area contributed by atoms with Crippen LogP contribution in [-0.2, 0) is 14.3 Å². The normalized spacial score (nSPS) is 10.1. The zero-order chi connectivity index (χ0) is 20.4. The maximum atomic E-state index is 11.9. The number of esters is 1. The van der Waals surface area contributed by atoms with Gasteiger partial charge >= 0.3 is 5.97 Å². The first-order chi connectivity index (χ1) is 13.5. The zero-order valence-corrected chi connectivity index (χ0v) is 16.1. The Morgan fingerprint density at radius 2 is 1.64 bits per heavy atom. The first-order valence-electron chi connectivity index (χ1n) is 8.70. The van der Waals surface area contributed by atoms with Crippen molar-refractivity contribution in [1.82, 2.24) is 5.32 Å². The fraction of sp³-hybridized carbons (Fsp3) is 0.250. The molecule has 8 heteroatoms. The molecule has 0 aliphatic heterocycles. The van der Waals surface area contributed by atoms with Crippen molar-refractivity contribution in [2.45, 2.75) is 13.3 Å². The first-order valence-corrected chi connectivity index (χ1v) is 9.08. The first kappa shape index (κ1) is 21.2. The van der Waals surface area contributed by atoms with Gasteiger partial charge in [0.2, 0.25) is 5.91 Å². The monoisotopic (exact) mass is 404 g/mol. The number of hydrogen-bond acceptors (Lipinski definition) is 5. The van der Waals surface area contributed by atoms with E-state index in [9.17, 15) is 14.4 Å². The predicted molar refractivity (Wildman–Crippen MR) is 106 cm³/mol. The highest BCUT2D eigenvalue weighted by Gasteiger charge is 2.09. The maximum absolute atomic E-state index is 11.9. The van der Waals surface area contributed by atoms with Gasteiger partial charge in [0.05, 0.1) is 18.7 Å². The summed E-state index contributed by atoms with van der Waals surface area (Å²) < 4.78 is 10.3. The molecule has 28 heavy (non-hydrogen) atoms. The molecular weight excluding hydrogens is 384 g/mol. The average molecular weight is 405 g/mol. The van der Waals surface area contributed by atoms with E-state index in [-0.39, 0.29) is 13.2 Å². The number of carbonyl (C=O) groups is 3. The molecule has 0 aliphatic carbocycles. The van der Waals surface area contributed by atoms with Gasteiger partial charge in [0.25, 0.3) is 5.91 Å². The van der Waals surface area contributed by atoms with Gasteiger partial charge in [-0.3, -0.25) is 9.59 Å². The van der Waals surface area contributed by atoms with Gasteiger partial charge in [-0.25, -0.2) is 4.79 Å². The Kier molecular flexibility index (Phi) is 8.30. The van der Waals surface area contributed by atoms with Crippen LogP contribution in [0.2, 0.25) is 5.02 Å². The number of ether oxygens (including phenoxy) is 2. The highest BCUT2D eigenvalue weighted by Crippen LogP contribution is 2.15. The lowest BCUT2D eigenvalue weighted by molar-refractivity contribution is -0.125. The summed E-state index contributed by atoms with van der Waals surface area (Å²) in [7, 11) is 0. The van der Waals surface area contributed by atoms with Crippen molar-refractivity contribution in [1.29, 1.82) is 0 Å². The molecule has 0 unspecified atom stereocenters. The molecule has 0 heterocycles. The number of anilines is 1. The topological polar surface area (TPSA) is 93.7 Å². The molecule has 148 valence electrons. The van der Waals surface area contributed by atoms with Crippen molar-refractivity contribution < 1.29 is 23.9 Å². The minimum atomic E-state index is -0.431. The number of rotatable bonds is 9. The van der Waals surface area contributed by atoms with Gasteiger partial charge in [-0.2, -0.15) is 0 Å². The summed E-state index contributed by atoms with van der Waals surface area (Å²) in [6.07, 6.45) is 0.746. The molecule has 2 rings (SSSR count). The van der Waals surface area contributed by atoms with Gasteiger partial charge in [-0.15, -0.1) is 0 Å². The molecule has 0 atom stereocenters. The molecule has 0 aromatic heterocycles. The van der Waals surface area contributed by atoms with Crippen LogP contribution in [0.25, 0.3) is 0 Å². The number of halogens is 1. The Morgan fingerprint density at radius 3 is 2.29 bits per heavy atom. The van der Waals surface area contributed by atoms with E-state index in [4.69, 9.17) is 21.1 Å². The molecule has 0 spiro atoms. The van der Waals surface area contributed by atoms with Crippen LogP contribution < -0.4 is 15.4 Å². The predicted octanol–water partition coefficient (Wildman–Crippen LogP) is 3.04. The lowest BCUT2D eigenvalue weighted by Gasteiger charge is -2.09. The Labute approximate surface area is 168 Å². The van der Waals surface area contributed by atoms with Crippen LogP contribution in [-0.4, -0.2) is 37.5 Å². The van der Waals surface area contributed by atoms with Crippen molar-refractivity contribution in [3.63, 3.8) is 0 Å². The Hall–Kier alpha value is -3.06. The van der Waals surface area contributed by atoms with Crippen molar-refractivity contribution >= 4 is 35.1 Å². The van der Waals surface area contributed by atoms with Crippen LogP contribution in [0.15, 0.2) is 48.5 Å². The van der Waals surface area contributed by atoms with E-state index in [1.54, 1.807) is 48.5 Å². The van der Waals surface area contributed by atoms with E-state index in [1.165, 1.54) is 0 Å². The van der Waals surface area contributed by atoms with Crippen LogP contribution >= 0.6 is 11.6 Å². The molecule has 2 aromatic carbocycles. The summed E-state index contributed by atoms with van der Waals surface area (Å²) in [5.74, 6) is -0.741. The van der Waals surface area contributed by atoms with E-state index in [0.29, 0.717) is 28.6 Å². The number of carbonyl (C=O) groups excluding carboxylic acids is 3. The molecule has 0 fully saturated rings. The summed E-state index contributed by atoms with van der Waals surface area (Å²) in [5.41, 5.74) is 0.905. The number of amides is 2. The summed E-state index contributed by atoms with van der Waals surface area (Å²) >= 11 is 5.77. The van der Waals surface area contributed by atoms with Gasteiger partial charge < -0.3 is 20.1 Å². The third kappa shape index (κ3) is 7.28. The van der Waals surface area contributed by atoms with E-state index in [1.807, 2.05) is 6.92 Å². The molecule has 0 saturated heterocycles. The van der Waals surface area contributed by atoms with E-state index >= 15 is 0 Å². The van der Waals surface area contributed by atoms with Crippen LogP contribution in [0.4, 0.5) is 5.69 Å². The minimum absolute atomic E-state index is 0.205. The van der Waals surface area contributed by atoms with Crippen LogP contribution in [0.5, 0.6) is 5.75 Å². The molecule has 2 amide bonds. The Bertz CT molecular complexity index is 806. The van der Waals surface area contributed by atoms with Crippen LogP contribution in [0.3, 0.4) is 0 Å². The highest BCUT2D eigenvalue weighted by molar-refractivity contribution is 6.30. The number of benzene rings is 2. The van der Waals surface area contributed by atoms with Crippen molar-refractivity contribution in [3.8, 4) is 5.75 Å². The molecule has 7 nitrogen and oxygen atoms in total. The lowest BCUT2D eigenvalue weighted by Crippen LogP contribution is -2.35. The third-order valence-corrected chi connectivity index (χ3v) is 3.72. The molecule has 2 aromatic rings. The molecule has 0 saturated carbocycles. The molecule has 0 aliphatic rings. The summed E-state index contributed by atoms with van der Waals surface area (Å²) in [4.78, 5) is 35.4. The van der Waals surface area contributed by atoms with E-state index in [2.05, 4.69) is 10.6 Å². The zero-order valence-electron chi connectivity index (χ0n) is 15.4. The van der Waals surface area contributed by atoms with Gasteiger partial charge in [-0.1, -0.05) is 18.5 Å². The second kappa shape index (κ2) is 10.9. The summed E-state index contributed by atoms with van der Waals surface area (Å²) in [6, 6.07) is 12.9. The number of nitrogens with one attached hydrogen (secondary N) is 2. The van der Waals surface area contributed by atoms with Crippen LogP contribution in [0, 0.1) is 0 Å². The molecule has 0 bridgehead atoms. The molecular formula is C20H21ClN2O5. The third-order valence-electron chi connectivity index (χ3n) is 3.47. The maximum Gasteiger partial charge on any atom is 0.338 e.